The monoisotopic (exact) mass is 379 g/mol. The Balaban J connectivity index is 1.94. The summed E-state index contributed by atoms with van der Waals surface area (Å²) >= 11 is 0. The number of hydrogen-bond donors (Lipinski definition) is 1. The smallest absolute Gasteiger partial charge is 0.305 e. The molecule has 1 unspecified atom stereocenters. The lowest BCUT2D eigenvalue weighted by Gasteiger charge is -2.36. The van der Waals surface area contributed by atoms with Gasteiger partial charge in [-0.15, -0.1) is 0 Å². The van der Waals surface area contributed by atoms with Crippen LogP contribution in [0.2, 0.25) is 0 Å². The molecule has 1 aliphatic heterocycles. The Kier molecular flexibility index (Phi) is 4.85. The van der Waals surface area contributed by atoms with Gasteiger partial charge in [0.25, 0.3) is 5.79 Å². The molecule has 0 saturated carbocycles. The first kappa shape index (κ1) is 18.6. The Morgan fingerprint density at radius 3 is 2.82 bits per heavy atom. The van der Waals surface area contributed by atoms with Gasteiger partial charge in [-0.2, -0.15) is 0 Å². The van der Waals surface area contributed by atoms with Crippen molar-refractivity contribution < 1.29 is 19.0 Å². The lowest BCUT2D eigenvalue weighted by Crippen LogP contribution is -2.39. The Hall–Kier alpha value is -2.79. The van der Waals surface area contributed by atoms with E-state index in [1.54, 1.807) is 7.11 Å². The highest BCUT2D eigenvalue weighted by Crippen LogP contribution is 2.43. The van der Waals surface area contributed by atoms with Crippen LogP contribution in [0.25, 0.3) is 22.0 Å². The highest BCUT2D eigenvalue weighted by atomic mass is 16.7. The maximum absolute atomic E-state index is 11.8. The normalized spacial score (nSPS) is 18.7. The number of carbonyl (C=O) groups excluding carboxylic acids is 1. The van der Waals surface area contributed by atoms with E-state index in [-0.39, 0.29) is 5.97 Å². The number of hydrogen-bond acceptors (Lipinski definition) is 4. The molecule has 2 aromatic carbocycles. The van der Waals surface area contributed by atoms with Gasteiger partial charge in [0.15, 0.2) is 0 Å². The number of rotatable bonds is 5. The van der Waals surface area contributed by atoms with Crippen LogP contribution in [0.15, 0.2) is 42.5 Å². The van der Waals surface area contributed by atoms with Crippen molar-refractivity contribution in [3.8, 4) is 16.9 Å². The summed E-state index contributed by atoms with van der Waals surface area (Å²) in [6, 6.07) is 14.3. The van der Waals surface area contributed by atoms with E-state index in [2.05, 4.69) is 30.1 Å². The predicted molar refractivity (Wildman–Crippen MR) is 108 cm³/mol. The van der Waals surface area contributed by atoms with E-state index in [0.717, 1.165) is 51.9 Å². The minimum absolute atomic E-state index is 0.340. The number of benzene rings is 2. The van der Waals surface area contributed by atoms with Crippen LogP contribution < -0.4 is 4.74 Å². The number of esters is 1. The van der Waals surface area contributed by atoms with E-state index in [1.165, 1.54) is 6.92 Å². The van der Waals surface area contributed by atoms with Crippen LogP contribution in [-0.2, 0) is 26.5 Å². The van der Waals surface area contributed by atoms with Crippen LogP contribution in [-0.4, -0.2) is 24.7 Å². The molecule has 1 N–H and O–H groups in total. The highest BCUT2D eigenvalue weighted by molar-refractivity contribution is 5.99. The van der Waals surface area contributed by atoms with E-state index in [9.17, 15) is 4.79 Å². The fraction of sp³-hybridized carbons (Fsp3) is 0.348. The molecule has 1 aliphatic rings. The Morgan fingerprint density at radius 2 is 2.07 bits per heavy atom. The number of ether oxygens (including phenoxy) is 3. The van der Waals surface area contributed by atoms with Crippen molar-refractivity contribution in [3.05, 3.63) is 53.7 Å². The summed E-state index contributed by atoms with van der Waals surface area (Å²) in [5.74, 6) is -0.561. The number of H-pyrrole nitrogens is 1. The lowest BCUT2D eigenvalue weighted by molar-refractivity contribution is -0.247. The van der Waals surface area contributed by atoms with Crippen molar-refractivity contribution in [2.75, 3.05) is 13.7 Å². The summed E-state index contributed by atoms with van der Waals surface area (Å²) in [5.41, 5.74) is 5.26. The number of carbonyl (C=O) groups is 1. The van der Waals surface area contributed by atoms with Crippen LogP contribution in [0.5, 0.6) is 5.75 Å². The van der Waals surface area contributed by atoms with Crippen LogP contribution in [0.3, 0.4) is 0 Å². The molecule has 0 bridgehead atoms. The molecule has 1 aromatic heterocycles. The van der Waals surface area contributed by atoms with Crippen LogP contribution >= 0.6 is 0 Å². The standard InChI is InChI=1S/C23H25NO4/c1-4-12-23(28-15(2)25)22-19(11-13-27-23)21-18(9-6-10-20(21)24-22)16-7-5-8-17(14-16)26-3/h5-10,14,24H,4,11-13H2,1-3H3. The lowest BCUT2D eigenvalue weighted by atomic mass is 9.93. The van der Waals surface area contributed by atoms with Crippen molar-refractivity contribution in [3.63, 3.8) is 0 Å². The summed E-state index contributed by atoms with van der Waals surface area (Å²) in [4.78, 5) is 15.3. The van der Waals surface area contributed by atoms with Crippen molar-refractivity contribution in [2.24, 2.45) is 0 Å². The molecule has 146 valence electrons. The third-order valence-corrected chi connectivity index (χ3v) is 5.26. The summed E-state index contributed by atoms with van der Waals surface area (Å²) in [6.45, 7) is 4.01. The van der Waals surface area contributed by atoms with Gasteiger partial charge in [-0.25, -0.2) is 0 Å². The number of methoxy groups -OCH3 is 1. The molecule has 4 rings (SSSR count). The van der Waals surface area contributed by atoms with Gasteiger partial charge in [-0.1, -0.05) is 31.2 Å². The number of aromatic amines is 1. The largest absolute Gasteiger partial charge is 0.497 e. The minimum atomic E-state index is -1.04. The maximum Gasteiger partial charge on any atom is 0.305 e. The Morgan fingerprint density at radius 1 is 1.25 bits per heavy atom. The number of fused-ring (bicyclic) bond motifs is 3. The van der Waals surface area contributed by atoms with E-state index in [1.807, 2.05) is 24.3 Å². The van der Waals surface area contributed by atoms with Gasteiger partial charge in [-0.05, 0) is 47.7 Å². The molecule has 2 heterocycles. The van der Waals surface area contributed by atoms with Crippen molar-refractivity contribution in [2.45, 2.75) is 38.9 Å². The zero-order chi connectivity index (χ0) is 19.7. The molecule has 3 aromatic rings. The average molecular weight is 379 g/mol. The minimum Gasteiger partial charge on any atom is -0.497 e. The quantitative estimate of drug-likeness (QED) is 0.639. The molecule has 5 heteroatoms. The second-order valence-corrected chi connectivity index (χ2v) is 7.13. The molecule has 28 heavy (non-hydrogen) atoms. The average Bonchev–Trinajstić information content (AvgIpc) is 3.08. The molecule has 0 saturated heterocycles. The van der Waals surface area contributed by atoms with Crippen molar-refractivity contribution >= 4 is 16.9 Å². The summed E-state index contributed by atoms with van der Waals surface area (Å²) in [6.07, 6.45) is 2.22. The van der Waals surface area contributed by atoms with Gasteiger partial charge in [-0.3, -0.25) is 4.79 Å². The fourth-order valence-electron chi connectivity index (χ4n) is 4.20. The SMILES string of the molecule is CCCC1(OC(C)=O)OCCc2c1[nH]c1cccc(-c3cccc(OC)c3)c21. The number of aromatic nitrogens is 1. The Labute approximate surface area is 164 Å². The molecule has 0 spiro atoms. The third kappa shape index (κ3) is 3.06. The van der Waals surface area contributed by atoms with Gasteiger partial charge in [0.2, 0.25) is 0 Å². The summed E-state index contributed by atoms with van der Waals surface area (Å²) in [5, 5.41) is 1.15. The fourth-order valence-corrected chi connectivity index (χ4v) is 4.20. The van der Waals surface area contributed by atoms with Gasteiger partial charge in [0, 0.05) is 24.2 Å². The van der Waals surface area contributed by atoms with E-state index >= 15 is 0 Å². The molecule has 0 fully saturated rings. The van der Waals surface area contributed by atoms with Crippen molar-refractivity contribution in [1.82, 2.24) is 4.98 Å². The summed E-state index contributed by atoms with van der Waals surface area (Å²) < 4.78 is 17.2. The molecule has 0 amide bonds. The molecule has 5 nitrogen and oxygen atoms in total. The molecular formula is C23H25NO4. The van der Waals surface area contributed by atoms with Gasteiger partial charge < -0.3 is 19.2 Å². The van der Waals surface area contributed by atoms with Crippen molar-refractivity contribution in [1.29, 1.82) is 0 Å². The molecule has 0 radical (unpaired) electrons. The van der Waals surface area contributed by atoms with Crippen LogP contribution in [0.4, 0.5) is 0 Å². The van der Waals surface area contributed by atoms with Crippen LogP contribution in [0, 0.1) is 0 Å². The second-order valence-electron chi connectivity index (χ2n) is 7.13. The first-order valence-corrected chi connectivity index (χ1v) is 9.70. The van der Waals surface area contributed by atoms with Crippen LogP contribution in [0.1, 0.15) is 37.9 Å². The zero-order valence-corrected chi connectivity index (χ0v) is 16.5. The Bertz CT molecular complexity index is 1020. The predicted octanol–water partition coefficient (Wildman–Crippen LogP) is 4.93. The molecular weight excluding hydrogens is 354 g/mol. The first-order chi connectivity index (χ1) is 13.6. The third-order valence-electron chi connectivity index (χ3n) is 5.26. The van der Waals surface area contributed by atoms with E-state index in [4.69, 9.17) is 14.2 Å². The maximum atomic E-state index is 11.8. The number of nitrogens with one attached hydrogen (secondary N) is 1. The second kappa shape index (κ2) is 7.32. The molecule has 0 aliphatic carbocycles. The topological polar surface area (TPSA) is 60.5 Å². The summed E-state index contributed by atoms with van der Waals surface area (Å²) in [7, 11) is 1.67. The molecule has 1 atom stereocenters. The van der Waals surface area contributed by atoms with Gasteiger partial charge in [0.05, 0.1) is 19.4 Å². The highest BCUT2D eigenvalue weighted by Gasteiger charge is 2.43. The van der Waals surface area contributed by atoms with Gasteiger partial charge in [0.1, 0.15) is 5.75 Å². The van der Waals surface area contributed by atoms with E-state index in [0.29, 0.717) is 13.0 Å². The zero-order valence-electron chi connectivity index (χ0n) is 16.5. The van der Waals surface area contributed by atoms with E-state index < -0.39 is 5.79 Å². The van der Waals surface area contributed by atoms with Gasteiger partial charge >= 0.3 is 5.97 Å². The first-order valence-electron chi connectivity index (χ1n) is 9.70.